The van der Waals surface area contributed by atoms with Crippen molar-refractivity contribution in [2.75, 3.05) is 46.6 Å². The van der Waals surface area contributed by atoms with E-state index in [1.807, 2.05) is 0 Å². The molecule has 0 bridgehead atoms. The lowest BCUT2D eigenvalue weighted by atomic mass is 10.1. The first-order valence-electron chi connectivity index (χ1n) is 21.4. The molecular formula is C47H42N10O16S3. The Morgan fingerprint density at radius 1 is 0.487 bits per heavy atom. The number of methoxy groups -OCH3 is 5. The number of ether oxygens (including phenoxy) is 5. The van der Waals surface area contributed by atoms with Gasteiger partial charge in [-0.3, -0.25) is 18.5 Å². The van der Waals surface area contributed by atoms with Crippen LogP contribution in [0.15, 0.2) is 159 Å². The number of fused-ring (bicyclic) bond motifs is 1. The second kappa shape index (κ2) is 22.2. The fourth-order valence-corrected chi connectivity index (χ4v) is 8.87. The number of nitrogens with one attached hydrogen (secondary N) is 1. The van der Waals surface area contributed by atoms with Crippen LogP contribution in [0, 0.1) is 6.92 Å². The third-order valence-electron chi connectivity index (χ3n) is 10.8. The standard InChI is InChI=1S/C47H42N10O16S3/c1-24-15-33(38(69-2)19-32(24)51-50-31-14-12-29(74(60,61)62)18-43(31)75(63,64)65)52-53-34-20-40(71-4)35(21-39(34)70-3)54-55-36-22-42(73-6)37(23-41(36)72-5)56-57-45-44(76(66,67)68)17-26-16-28(11-13-30(26)46(45)58)49-47(59)25-7-9-27(48)10-8-25/h7-23,58H,48H2,1-6H3,(H,49,59)(H,60,61,62)(H,63,64,65)(H,66,67,68). The average molecular weight is 1100 g/mol. The van der Waals surface area contributed by atoms with Crippen molar-refractivity contribution >= 4 is 104 Å². The van der Waals surface area contributed by atoms with Crippen LogP contribution >= 0.6 is 0 Å². The second-order valence-corrected chi connectivity index (χ2v) is 19.8. The van der Waals surface area contributed by atoms with Crippen LogP contribution in [0.2, 0.25) is 0 Å². The maximum absolute atomic E-state index is 12.8. The highest BCUT2D eigenvalue weighted by Gasteiger charge is 2.24. The third-order valence-corrected chi connectivity index (χ3v) is 13.4. The molecule has 7 N–H and O–H groups in total. The highest BCUT2D eigenvalue weighted by atomic mass is 32.2. The summed E-state index contributed by atoms with van der Waals surface area (Å²) in [6.07, 6.45) is 0. The van der Waals surface area contributed by atoms with E-state index >= 15 is 0 Å². The molecule has 0 saturated carbocycles. The van der Waals surface area contributed by atoms with Crippen molar-refractivity contribution in [3.63, 3.8) is 0 Å². The van der Waals surface area contributed by atoms with E-state index in [2.05, 4.69) is 46.2 Å². The Morgan fingerprint density at radius 3 is 1.38 bits per heavy atom. The van der Waals surface area contributed by atoms with Gasteiger partial charge in [0, 0.05) is 52.7 Å². The van der Waals surface area contributed by atoms with Gasteiger partial charge in [0.2, 0.25) is 0 Å². The number of nitrogen functional groups attached to an aromatic ring is 1. The van der Waals surface area contributed by atoms with Crippen LogP contribution in [0.25, 0.3) is 10.8 Å². The van der Waals surface area contributed by atoms with Gasteiger partial charge in [0.25, 0.3) is 36.3 Å². The van der Waals surface area contributed by atoms with E-state index < -0.39 is 68.1 Å². The van der Waals surface area contributed by atoms with Crippen molar-refractivity contribution in [2.45, 2.75) is 21.6 Å². The fraction of sp³-hybridized carbons (Fsp3) is 0.128. The molecule has 0 heterocycles. The zero-order valence-electron chi connectivity index (χ0n) is 40.4. The molecule has 0 aliphatic carbocycles. The lowest BCUT2D eigenvalue weighted by Crippen LogP contribution is -2.11. The number of benzene rings is 7. The number of phenols is 1. The number of azo groups is 4. The number of anilines is 2. The number of phenolic OH excluding ortho intramolecular Hbond substituents is 1. The second-order valence-electron chi connectivity index (χ2n) is 15.6. The first kappa shape index (κ1) is 54.8. The minimum Gasteiger partial charge on any atom is -0.505 e. The Kier molecular flexibility index (Phi) is 16.0. The van der Waals surface area contributed by atoms with E-state index in [9.17, 15) is 48.8 Å². The topological polar surface area (TPSA) is 383 Å². The van der Waals surface area contributed by atoms with Crippen molar-refractivity contribution in [1.29, 1.82) is 0 Å². The largest absolute Gasteiger partial charge is 0.505 e. The summed E-state index contributed by atoms with van der Waals surface area (Å²) in [6, 6.07) is 22.4. The Hall–Kier alpha value is -9.00. The molecule has 0 saturated heterocycles. The smallest absolute Gasteiger partial charge is 0.296 e. The average Bonchev–Trinajstić information content (AvgIpc) is 3.39. The molecule has 0 radical (unpaired) electrons. The molecule has 0 aliphatic heterocycles. The molecule has 0 atom stereocenters. The van der Waals surface area contributed by atoms with Gasteiger partial charge in [-0.1, -0.05) is 0 Å². The summed E-state index contributed by atoms with van der Waals surface area (Å²) in [6.45, 7) is 1.62. The zero-order valence-corrected chi connectivity index (χ0v) is 42.8. The molecule has 7 aromatic carbocycles. The molecule has 394 valence electrons. The maximum atomic E-state index is 12.8. The molecular weight excluding hydrogens is 1060 g/mol. The highest BCUT2D eigenvalue weighted by Crippen LogP contribution is 2.47. The number of nitrogens with zero attached hydrogens (tertiary/aromatic N) is 8. The molecule has 7 aromatic rings. The van der Waals surface area contributed by atoms with E-state index in [4.69, 9.17) is 29.4 Å². The van der Waals surface area contributed by atoms with Crippen LogP contribution in [-0.2, 0) is 30.4 Å². The van der Waals surface area contributed by atoms with Crippen LogP contribution in [-0.4, -0.2) is 85.5 Å². The summed E-state index contributed by atoms with van der Waals surface area (Å²) in [7, 11) is -8.14. The van der Waals surface area contributed by atoms with Gasteiger partial charge in [0.1, 0.15) is 78.4 Å². The van der Waals surface area contributed by atoms with E-state index in [-0.39, 0.29) is 79.3 Å². The van der Waals surface area contributed by atoms with Crippen molar-refractivity contribution < 1.29 is 72.5 Å². The number of hydrogen-bond acceptors (Lipinski definition) is 22. The van der Waals surface area contributed by atoms with Gasteiger partial charge >= 0.3 is 0 Å². The number of rotatable bonds is 18. The summed E-state index contributed by atoms with van der Waals surface area (Å²) in [5, 5.41) is 47.6. The van der Waals surface area contributed by atoms with Gasteiger partial charge < -0.3 is 39.8 Å². The van der Waals surface area contributed by atoms with Gasteiger partial charge in [0.15, 0.2) is 5.75 Å². The molecule has 0 unspecified atom stereocenters. The van der Waals surface area contributed by atoms with Crippen molar-refractivity contribution in [3.05, 3.63) is 114 Å². The lowest BCUT2D eigenvalue weighted by Gasteiger charge is -2.12. The van der Waals surface area contributed by atoms with Crippen LogP contribution in [0.4, 0.5) is 56.9 Å². The minimum absolute atomic E-state index is 0.0276. The first-order valence-corrected chi connectivity index (χ1v) is 25.7. The highest BCUT2D eigenvalue weighted by molar-refractivity contribution is 7.87. The predicted octanol–water partition coefficient (Wildman–Crippen LogP) is 11.1. The number of aryl methyl sites for hydroxylation is 1. The quantitative estimate of drug-likeness (QED) is 0.0264. The number of carbonyl (C=O) groups excluding carboxylic acids is 1. The van der Waals surface area contributed by atoms with Gasteiger partial charge in [-0.2, -0.15) is 30.4 Å². The van der Waals surface area contributed by atoms with Crippen molar-refractivity contribution in [2.24, 2.45) is 40.9 Å². The molecule has 29 heteroatoms. The minimum atomic E-state index is -5.03. The van der Waals surface area contributed by atoms with Crippen molar-refractivity contribution in [1.82, 2.24) is 0 Å². The summed E-state index contributed by atoms with van der Waals surface area (Å²) in [5.41, 5.74) is 6.87. The normalized spacial score (nSPS) is 12.3. The predicted molar refractivity (Wildman–Crippen MR) is 274 cm³/mol. The Balaban J connectivity index is 1.15. The zero-order chi connectivity index (χ0) is 55.3. The molecule has 0 spiro atoms. The van der Waals surface area contributed by atoms with Gasteiger partial charge in [0.05, 0.1) is 46.1 Å². The van der Waals surface area contributed by atoms with E-state index in [0.29, 0.717) is 22.9 Å². The van der Waals surface area contributed by atoms with Gasteiger partial charge in [-0.15, -0.1) is 35.8 Å². The Morgan fingerprint density at radius 2 is 0.921 bits per heavy atom. The molecule has 7 rings (SSSR count). The molecule has 26 nitrogen and oxygen atoms in total. The molecule has 0 aromatic heterocycles. The van der Waals surface area contributed by atoms with Crippen LogP contribution < -0.4 is 34.7 Å². The molecule has 1 amide bonds. The van der Waals surface area contributed by atoms with E-state index in [1.54, 1.807) is 19.1 Å². The Bertz CT molecular complexity index is 3930. The van der Waals surface area contributed by atoms with Crippen LogP contribution in [0.5, 0.6) is 34.5 Å². The SMILES string of the molecule is COc1cc(N=Nc2ccc(S(=O)(=O)O)cc2S(=O)(=O)O)c(C)cc1N=Nc1cc(OC)c(N=Nc2cc(OC)c(N=Nc3c(S(=O)(=O)O)cc4cc(NC(=O)c5ccc(N)cc5)ccc4c3O)cc2OC)cc1OC. The number of amides is 1. The monoisotopic (exact) mass is 1100 g/mol. The fourth-order valence-electron chi connectivity index (χ4n) is 6.99. The van der Waals surface area contributed by atoms with Crippen molar-refractivity contribution in [3.8, 4) is 34.5 Å². The maximum Gasteiger partial charge on any atom is 0.296 e. The number of aromatic hydroxyl groups is 1. The Labute approximate surface area is 432 Å². The molecule has 76 heavy (non-hydrogen) atoms. The lowest BCUT2D eigenvalue weighted by molar-refractivity contribution is 0.102. The summed E-state index contributed by atoms with van der Waals surface area (Å²) >= 11 is 0. The summed E-state index contributed by atoms with van der Waals surface area (Å²) in [5.74, 6) is -0.562. The van der Waals surface area contributed by atoms with Gasteiger partial charge in [-0.05, 0) is 90.7 Å². The number of nitrogens with two attached hydrogens (primary N) is 1. The summed E-state index contributed by atoms with van der Waals surface area (Å²) < 4.78 is 130. The molecule has 0 fully saturated rings. The third kappa shape index (κ3) is 12.3. The van der Waals surface area contributed by atoms with Crippen LogP contribution in [0.1, 0.15) is 15.9 Å². The number of hydrogen-bond donors (Lipinski definition) is 6. The number of carbonyl (C=O) groups is 1. The summed E-state index contributed by atoms with van der Waals surface area (Å²) in [4.78, 5) is 10.3. The first-order chi connectivity index (χ1) is 35.9. The van der Waals surface area contributed by atoms with E-state index in [1.165, 1.54) is 102 Å². The van der Waals surface area contributed by atoms with E-state index in [0.717, 1.165) is 18.2 Å². The van der Waals surface area contributed by atoms with Gasteiger partial charge in [-0.25, -0.2) is 0 Å². The van der Waals surface area contributed by atoms with Crippen LogP contribution in [0.3, 0.4) is 0 Å². The molecule has 0 aliphatic rings.